The summed E-state index contributed by atoms with van der Waals surface area (Å²) < 4.78 is 0. The molecular formula is C16H18N2O2. The van der Waals surface area contributed by atoms with Crippen LogP contribution in [0.3, 0.4) is 0 Å². The topological polar surface area (TPSA) is 62.2 Å². The monoisotopic (exact) mass is 270 g/mol. The molecule has 104 valence electrons. The van der Waals surface area contributed by atoms with Crippen molar-refractivity contribution in [2.45, 2.75) is 25.5 Å². The number of amides is 1. The molecule has 4 nitrogen and oxygen atoms in total. The van der Waals surface area contributed by atoms with Crippen LogP contribution in [-0.4, -0.2) is 16.0 Å². The van der Waals surface area contributed by atoms with Crippen molar-refractivity contribution in [2.24, 2.45) is 0 Å². The van der Waals surface area contributed by atoms with Crippen LogP contribution >= 0.6 is 0 Å². The number of nitrogens with zero attached hydrogens (tertiary/aromatic N) is 1. The summed E-state index contributed by atoms with van der Waals surface area (Å²) in [5.41, 5.74) is 1.74. The third kappa shape index (κ3) is 3.90. The van der Waals surface area contributed by atoms with E-state index in [4.69, 9.17) is 0 Å². The molecule has 2 unspecified atom stereocenters. The molecule has 4 heteroatoms. The van der Waals surface area contributed by atoms with E-state index in [0.717, 1.165) is 11.1 Å². The van der Waals surface area contributed by atoms with Gasteiger partial charge in [0.05, 0.1) is 18.6 Å². The molecule has 2 atom stereocenters. The van der Waals surface area contributed by atoms with Gasteiger partial charge < -0.3 is 10.4 Å². The van der Waals surface area contributed by atoms with E-state index in [9.17, 15) is 9.90 Å². The van der Waals surface area contributed by atoms with Gasteiger partial charge in [0.15, 0.2) is 0 Å². The van der Waals surface area contributed by atoms with Crippen molar-refractivity contribution in [2.75, 3.05) is 0 Å². The number of carbonyl (C=O) groups excluding carboxylic acids is 1. The van der Waals surface area contributed by atoms with Gasteiger partial charge in [-0.2, -0.15) is 0 Å². The molecule has 1 aromatic heterocycles. The molecule has 1 amide bonds. The SMILES string of the molecule is CC(NC(=O)CC(O)c1ccccc1)c1ccncc1. The van der Waals surface area contributed by atoms with Crippen LogP contribution in [0.25, 0.3) is 0 Å². The number of hydrogen-bond donors (Lipinski definition) is 2. The number of rotatable bonds is 5. The molecule has 20 heavy (non-hydrogen) atoms. The second-order valence-electron chi connectivity index (χ2n) is 4.70. The first kappa shape index (κ1) is 14.2. The molecule has 0 radical (unpaired) electrons. The van der Waals surface area contributed by atoms with E-state index >= 15 is 0 Å². The molecule has 1 heterocycles. The van der Waals surface area contributed by atoms with Gasteiger partial charge >= 0.3 is 0 Å². The van der Waals surface area contributed by atoms with Crippen LogP contribution in [0.2, 0.25) is 0 Å². The molecule has 0 aliphatic heterocycles. The Morgan fingerprint density at radius 3 is 2.45 bits per heavy atom. The fraction of sp³-hybridized carbons (Fsp3) is 0.250. The van der Waals surface area contributed by atoms with Gasteiger partial charge in [0.25, 0.3) is 0 Å². The van der Waals surface area contributed by atoms with E-state index in [0.29, 0.717) is 0 Å². The smallest absolute Gasteiger partial charge is 0.223 e. The number of aliphatic hydroxyl groups is 1. The van der Waals surface area contributed by atoms with Crippen LogP contribution in [0.4, 0.5) is 0 Å². The summed E-state index contributed by atoms with van der Waals surface area (Å²) in [5, 5.41) is 12.9. The lowest BCUT2D eigenvalue weighted by atomic mass is 10.1. The summed E-state index contributed by atoms with van der Waals surface area (Å²) in [5.74, 6) is -0.175. The van der Waals surface area contributed by atoms with Gasteiger partial charge in [0, 0.05) is 12.4 Å². The van der Waals surface area contributed by atoms with E-state index in [1.165, 1.54) is 0 Å². The molecule has 2 N–H and O–H groups in total. The Morgan fingerprint density at radius 2 is 1.80 bits per heavy atom. The van der Waals surface area contributed by atoms with Gasteiger partial charge in [-0.25, -0.2) is 0 Å². The van der Waals surface area contributed by atoms with Crippen molar-refractivity contribution in [1.82, 2.24) is 10.3 Å². The Balaban J connectivity index is 1.90. The Kier molecular flexibility index (Phi) is 4.85. The van der Waals surface area contributed by atoms with Gasteiger partial charge in [-0.05, 0) is 30.2 Å². The summed E-state index contributed by atoms with van der Waals surface area (Å²) in [7, 11) is 0. The minimum Gasteiger partial charge on any atom is -0.388 e. The van der Waals surface area contributed by atoms with Crippen LogP contribution in [0.1, 0.15) is 36.6 Å². The van der Waals surface area contributed by atoms with E-state index in [2.05, 4.69) is 10.3 Å². The standard InChI is InChI=1S/C16H18N2O2/c1-12(13-7-9-17-10-8-13)18-16(20)11-15(19)14-5-3-2-4-6-14/h2-10,12,15,19H,11H2,1H3,(H,18,20). The molecule has 2 aromatic rings. The first-order valence-electron chi connectivity index (χ1n) is 6.59. The maximum Gasteiger partial charge on any atom is 0.223 e. The zero-order chi connectivity index (χ0) is 14.4. The zero-order valence-electron chi connectivity index (χ0n) is 11.4. The Bertz CT molecular complexity index is 493. The number of aliphatic hydroxyl groups excluding tert-OH is 1. The van der Waals surface area contributed by atoms with Crippen LogP contribution in [0, 0.1) is 0 Å². The third-order valence-electron chi connectivity index (χ3n) is 3.15. The van der Waals surface area contributed by atoms with Crippen LogP contribution in [0.15, 0.2) is 54.9 Å². The minimum atomic E-state index is -0.777. The Hall–Kier alpha value is -2.20. The summed E-state index contributed by atoms with van der Waals surface area (Å²) in [6.45, 7) is 1.90. The summed E-state index contributed by atoms with van der Waals surface area (Å²) in [6, 6.07) is 12.8. The zero-order valence-corrected chi connectivity index (χ0v) is 11.4. The molecule has 0 fully saturated rings. The quantitative estimate of drug-likeness (QED) is 0.877. The summed E-state index contributed by atoms with van der Waals surface area (Å²) >= 11 is 0. The normalized spacial score (nSPS) is 13.5. The van der Waals surface area contributed by atoms with Crippen molar-refractivity contribution in [3.05, 3.63) is 66.0 Å². The van der Waals surface area contributed by atoms with Crippen LogP contribution in [-0.2, 0) is 4.79 Å². The van der Waals surface area contributed by atoms with Crippen molar-refractivity contribution in [3.8, 4) is 0 Å². The van der Waals surface area contributed by atoms with Gasteiger partial charge in [-0.15, -0.1) is 0 Å². The minimum absolute atomic E-state index is 0.0550. The number of pyridine rings is 1. The van der Waals surface area contributed by atoms with Crippen LogP contribution < -0.4 is 5.32 Å². The Morgan fingerprint density at radius 1 is 1.15 bits per heavy atom. The lowest BCUT2D eigenvalue weighted by Crippen LogP contribution is -2.28. The van der Waals surface area contributed by atoms with Gasteiger partial charge in [-0.1, -0.05) is 30.3 Å². The van der Waals surface area contributed by atoms with Crippen molar-refractivity contribution < 1.29 is 9.90 Å². The molecule has 0 aliphatic carbocycles. The molecule has 0 saturated heterocycles. The maximum absolute atomic E-state index is 11.9. The molecule has 0 spiro atoms. The lowest BCUT2D eigenvalue weighted by molar-refractivity contribution is -0.123. The number of benzene rings is 1. The van der Waals surface area contributed by atoms with Crippen molar-refractivity contribution in [3.63, 3.8) is 0 Å². The Labute approximate surface area is 118 Å². The van der Waals surface area contributed by atoms with Gasteiger partial charge in [0.2, 0.25) is 5.91 Å². The number of hydrogen-bond acceptors (Lipinski definition) is 3. The predicted molar refractivity (Wildman–Crippen MR) is 76.8 cm³/mol. The molecule has 2 rings (SSSR count). The highest BCUT2D eigenvalue weighted by atomic mass is 16.3. The second-order valence-corrected chi connectivity index (χ2v) is 4.70. The van der Waals surface area contributed by atoms with Crippen molar-refractivity contribution in [1.29, 1.82) is 0 Å². The van der Waals surface area contributed by atoms with Gasteiger partial charge in [-0.3, -0.25) is 9.78 Å². The largest absolute Gasteiger partial charge is 0.388 e. The molecule has 0 aliphatic rings. The molecular weight excluding hydrogens is 252 g/mol. The first-order chi connectivity index (χ1) is 9.66. The highest BCUT2D eigenvalue weighted by Crippen LogP contribution is 2.17. The van der Waals surface area contributed by atoms with Crippen LogP contribution in [0.5, 0.6) is 0 Å². The fourth-order valence-electron chi connectivity index (χ4n) is 2.00. The first-order valence-corrected chi connectivity index (χ1v) is 6.59. The van der Waals surface area contributed by atoms with Crippen molar-refractivity contribution >= 4 is 5.91 Å². The van der Waals surface area contributed by atoms with E-state index < -0.39 is 6.10 Å². The predicted octanol–water partition coefficient (Wildman–Crippen LogP) is 2.38. The maximum atomic E-state index is 11.9. The second kappa shape index (κ2) is 6.82. The number of aromatic nitrogens is 1. The summed E-state index contributed by atoms with van der Waals surface area (Å²) in [6.07, 6.45) is 2.66. The molecule has 0 bridgehead atoms. The highest BCUT2D eigenvalue weighted by Gasteiger charge is 2.15. The number of carbonyl (C=O) groups is 1. The van der Waals surface area contributed by atoms with E-state index in [1.807, 2.05) is 49.4 Å². The highest BCUT2D eigenvalue weighted by molar-refractivity contribution is 5.77. The average Bonchev–Trinajstić information content (AvgIpc) is 2.49. The molecule has 0 saturated carbocycles. The van der Waals surface area contributed by atoms with E-state index in [1.54, 1.807) is 12.4 Å². The van der Waals surface area contributed by atoms with E-state index in [-0.39, 0.29) is 18.4 Å². The summed E-state index contributed by atoms with van der Waals surface area (Å²) in [4.78, 5) is 15.9. The fourth-order valence-corrected chi connectivity index (χ4v) is 2.00. The third-order valence-corrected chi connectivity index (χ3v) is 3.15. The average molecular weight is 270 g/mol. The molecule has 1 aromatic carbocycles. The lowest BCUT2D eigenvalue weighted by Gasteiger charge is -2.16. The van der Waals surface area contributed by atoms with Gasteiger partial charge in [0.1, 0.15) is 0 Å². The number of nitrogens with one attached hydrogen (secondary N) is 1.